The van der Waals surface area contributed by atoms with Crippen LogP contribution >= 0.6 is 12.2 Å². The molecule has 1 heterocycles. The first-order chi connectivity index (χ1) is 13.0. The molecule has 0 N–H and O–H groups in total. The maximum atomic E-state index is 13.1. The van der Waals surface area contributed by atoms with E-state index in [2.05, 4.69) is 0 Å². The van der Waals surface area contributed by atoms with Crippen molar-refractivity contribution in [3.63, 3.8) is 0 Å². The van der Waals surface area contributed by atoms with Gasteiger partial charge in [-0.2, -0.15) is 0 Å². The van der Waals surface area contributed by atoms with Crippen molar-refractivity contribution in [2.45, 2.75) is 0 Å². The highest BCUT2D eigenvalue weighted by Crippen LogP contribution is 2.30. The highest BCUT2D eigenvalue weighted by atomic mass is 32.1. The Morgan fingerprint density at radius 2 is 1.74 bits per heavy atom. The monoisotopic (exact) mass is 382 g/mol. The fraction of sp³-hybridized carbons (Fsp3) is 0.150. The molecule has 1 fully saturated rings. The lowest BCUT2D eigenvalue weighted by atomic mass is 10.2. The molecular formula is C20H18N2O4S. The summed E-state index contributed by atoms with van der Waals surface area (Å²) < 4.78 is 9.91. The predicted molar refractivity (Wildman–Crippen MR) is 106 cm³/mol. The van der Waals surface area contributed by atoms with Crippen molar-refractivity contribution in [3.05, 3.63) is 65.9 Å². The van der Waals surface area contributed by atoms with Crippen LogP contribution in [0.2, 0.25) is 0 Å². The van der Waals surface area contributed by atoms with Crippen molar-refractivity contribution in [3.8, 4) is 5.75 Å². The number of methoxy groups -OCH3 is 2. The number of carbonyl (C=O) groups is 2. The molecule has 0 saturated carbocycles. The Morgan fingerprint density at radius 1 is 1.07 bits per heavy atom. The van der Waals surface area contributed by atoms with Crippen molar-refractivity contribution < 1.29 is 19.1 Å². The summed E-state index contributed by atoms with van der Waals surface area (Å²) in [5.41, 5.74) is 1.74. The molecular weight excluding hydrogens is 364 g/mol. The molecule has 0 radical (unpaired) electrons. The largest absolute Gasteiger partial charge is 0.497 e. The average molecular weight is 382 g/mol. The summed E-state index contributed by atoms with van der Waals surface area (Å²) in [7, 11) is 2.87. The Kier molecular flexibility index (Phi) is 5.52. The summed E-state index contributed by atoms with van der Waals surface area (Å²) in [5, 5.41) is 0.220. The first kappa shape index (κ1) is 18.6. The van der Waals surface area contributed by atoms with Crippen molar-refractivity contribution in [2.24, 2.45) is 0 Å². The molecule has 0 aliphatic carbocycles. The third-order valence-corrected chi connectivity index (χ3v) is 4.49. The van der Waals surface area contributed by atoms with Crippen molar-refractivity contribution in [2.75, 3.05) is 25.7 Å². The summed E-state index contributed by atoms with van der Waals surface area (Å²) in [6.07, 6.45) is 1.71. The molecule has 1 aliphatic heterocycles. The van der Waals surface area contributed by atoms with Crippen LogP contribution in [-0.2, 0) is 14.3 Å². The van der Waals surface area contributed by atoms with Crippen molar-refractivity contribution >= 4 is 41.0 Å². The van der Waals surface area contributed by atoms with Gasteiger partial charge in [0.2, 0.25) is 0 Å². The van der Waals surface area contributed by atoms with Crippen LogP contribution in [0.4, 0.5) is 5.69 Å². The first-order valence-electron chi connectivity index (χ1n) is 8.18. The van der Waals surface area contributed by atoms with Gasteiger partial charge in [-0.15, -0.1) is 0 Å². The fourth-order valence-electron chi connectivity index (χ4n) is 2.69. The molecule has 2 aromatic carbocycles. The lowest BCUT2D eigenvalue weighted by Crippen LogP contribution is -2.35. The standard InChI is InChI=1S/C20H18N2O4S/c1-25-16-10-8-15(9-11-16)22-19(24)17(12-14-6-4-3-5-7-14)21(20(22)27)13-18(23)26-2/h3-12H,13H2,1-2H3. The predicted octanol–water partition coefficient (Wildman–Crippen LogP) is 2.84. The summed E-state index contributed by atoms with van der Waals surface area (Å²) >= 11 is 5.49. The van der Waals surface area contributed by atoms with Gasteiger partial charge in [-0.3, -0.25) is 14.5 Å². The van der Waals surface area contributed by atoms with Crippen LogP contribution < -0.4 is 9.64 Å². The van der Waals surface area contributed by atoms with Crippen LogP contribution in [0.3, 0.4) is 0 Å². The van der Waals surface area contributed by atoms with Gasteiger partial charge in [0, 0.05) is 0 Å². The molecule has 1 aliphatic rings. The van der Waals surface area contributed by atoms with E-state index in [1.54, 1.807) is 37.5 Å². The maximum Gasteiger partial charge on any atom is 0.325 e. The van der Waals surface area contributed by atoms with Crippen LogP contribution in [0, 0.1) is 0 Å². The van der Waals surface area contributed by atoms with Crippen LogP contribution in [0.5, 0.6) is 5.75 Å². The number of amides is 1. The van der Waals surface area contributed by atoms with E-state index in [4.69, 9.17) is 21.7 Å². The number of benzene rings is 2. The quantitative estimate of drug-likeness (QED) is 0.450. The summed E-state index contributed by atoms with van der Waals surface area (Å²) in [4.78, 5) is 27.8. The third-order valence-electron chi connectivity index (χ3n) is 4.08. The van der Waals surface area contributed by atoms with Gasteiger partial charge in [-0.1, -0.05) is 30.3 Å². The Bertz CT molecular complexity index is 894. The van der Waals surface area contributed by atoms with Gasteiger partial charge in [-0.05, 0) is 48.1 Å². The lowest BCUT2D eigenvalue weighted by Gasteiger charge is -2.19. The minimum absolute atomic E-state index is 0.146. The zero-order valence-electron chi connectivity index (χ0n) is 14.9. The molecule has 0 atom stereocenters. The second-order valence-electron chi connectivity index (χ2n) is 5.72. The molecule has 6 nitrogen and oxygen atoms in total. The Labute approximate surface area is 162 Å². The molecule has 2 aromatic rings. The number of nitrogens with zero attached hydrogens (tertiary/aromatic N) is 2. The molecule has 138 valence electrons. The van der Waals surface area contributed by atoms with Crippen LogP contribution in [0.15, 0.2) is 60.3 Å². The van der Waals surface area contributed by atoms with E-state index in [-0.39, 0.29) is 17.6 Å². The number of thiocarbonyl (C=S) groups is 1. The van der Waals surface area contributed by atoms with Gasteiger partial charge in [0.05, 0.1) is 19.9 Å². The number of rotatable bonds is 5. The average Bonchev–Trinajstić information content (AvgIpc) is 2.92. The summed E-state index contributed by atoms with van der Waals surface area (Å²) in [6, 6.07) is 16.3. The van der Waals surface area contributed by atoms with Gasteiger partial charge in [0.25, 0.3) is 5.91 Å². The highest BCUT2D eigenvalue weighted by Gasteiger charge is 2.40. The number of esters is 1. The van der Waals surface area contributed by atoms with E-state index >= 15 is 0 Å². The zero-order valence-corrected chi connectivity index (χ0v) is 15.7. The van der Waals surface area contributed by atoms with E-state index in [1.807, 2.05) is 30.3 Å². The number of carbonyl (C=O) groups excluding carboxylic acids is 2. The van der Waals surface area contributed by atoms with Gasteiger partial charge in [0.1, 0.15) is 18.0 Å². The van der Waals surface area contributed by atoms with Gasteiger partial charge in [0.15, 0.2) is 5.11 Å². The second-order valence-corrected chi connectivity index (χ2v) is 6.09. The SMILES string of the molecule is COC(=O)CN1C(=S)N(c2ccc(OC)cc2)C(=O)C1=Cc1ccccc1. The molecule has 0 bridgehead atoms. The van der Waals surface area contributed by atoms with Gasteiger partial charge in [-0.25, -0.2) is 0 Å². The normalized spacial score (nSPS) is 15.4. The smallest absolute Gasteiger partial charge is 0.325 e. The van der Waals surface area contributed by atoms with Gasteiger partial charge >= 0.3 is 5.97 Å². The number of hydrogen-bond acceptors (Lipinski definition) is 5. The zero-order chi connectivity index (χ0) is 19.4. The second kappa shape index (κ2) is 8.01. The van der Waals surface area contributed by atoms with E-state index in [1.165, 1.54) is 16.9 Å². The Balaban J connectivity index is 2.01. The molecule has 27 heavy (non-hydrogen) atoms. The summed E-state index contributed by atoms with van der Waals surface area (Å²) in [5.74, 6) is -0.124. The molecule has 0 unspecified atom stereocenters. The molecule has 7 heteroatoms. The summed E-state index contributed by atoms with van der Waals surface area (Å²) in [6.45, 7) is -0.146. The van der Waals surface area contributed by atoms with E-state index < -0.39 is 5.97 Å². The Hall–Kier alpha value is -3.19. The number of anilines is 1. The molecule has 0 aromatic heterocycles. The fourth-order valence-corrected chi connectivity index (χ4v) is 3.04. The van der Waals surface area contributed by atoms with Gasteiger partial charge < -0.3 is 14.4 Å². The molecule has 1 amide bonds. The van der Waals surface area contributed by atoms with E-state index in [0.29, 0.717) is 17.1 Å². The van der Waals surface area contributed by atoms with Crippen LogP contribution in [0.1, 0.15) is 5.56 Å². The molecule has 3 rings (SSSR count). The maximum absolute atomic E-state index is 13.1. The highest BCUT2D eigenvalue weighted by molar-refractivity contribution is 7.80. The number of ether oxygens (including phenoxy) is 2. The topological polar surface area (TPSA) is 59.1 Å². The lowest BCUT2D eigenvalue weighted by molar-refractivity contribution is -0.140. The number of hydrogen-bond donors (Lipinski definition) is 0. The minimum Gasteiger partial charge on any atom is -0.497 e. The van der Waals surface area contributed by atoms with Crippen LogP contribution in [0.25, 0.3) is 6.08 Å². The minimum atomic E-state index is -0.485. The molecule has 0 spiro atoms. The van der Waals surface area contributed by atoms with Crippen molar-refractivity contribution in [1.29, 1.82) is 0 Å². The van der Waals surface area contributed by atoms with Crippen molar-refractivity contribution in [1.82, 2.24) is 4.90 Å². The first-order valence-corrected chi connectivity index (χ1v) is 8.59. The third kappa shape index (κ3) is 3.83. The van der Waals surface area contributed by atoms with Crippen LogP contribution in [-0.4, -0.2) is 42.7 Å². The van der Waals surface area contributed by atoms with E-state index in [9.17, 15) is 9.59 Å². The Morgan fingerprint density at radius 3 is 2.33 bits per heavy atom. The molecule has 1 saturated heterocycles. The van der Waals surface area contributed by atoms with E-state index in [0.717, 1.165) is 5.56 Å².